The van der Waals surface area contributed by atoms with E-state index < -0.39 is 5.97 Å². The van der Waals surface area contributed by atoms with Crippen molar-refractivity contribution < 1.29 is 14.7 Å². The SMILES string of the molecule is CC(NC(=O)NCc1cccc(C(=O)O)c1)c1ncc[nH]1. The number of carbonyl (C=O) groups excluding carboxylic acids is 1. The second-order valence-corrected chi connectivity index (χ2v) is 4.53. The van der Waals surface area contributed by atoms with Gasteiger partial charge >= 0.3 is 12.0 Å². The van der Waals surface area contributed by atoms with Crippen LogP contribution in [0.2, 0.25) is 0 Å². The Labute approximate surface area is 121 Å². The minimum atomic E-state index is -0.993. The Hall–Kier alpha value is -2.83. The van der Waals surface area contributed by atoms with Crippen molar-refractivity contribution in [3.8, 4) is 0 Å². The maximum absolute atomic E-state index is 11.8. The summed E-state index contributed by atoms with van der Waals surface area (Å²) in [6.45, 7) is 2.06. The first-order chi connectivity index (χ1) is 10.1. The fourth-order valence-corrected chi connectivity index (χ4v) is 1.83. The average Bonchev–Trinajstić information content (AvgIpc) is 2.99. The van der Waals surface area contributed by atoms with Gasteiger partial charge in [-0.15, -0.1) is 0 Å². The molecule has 1 aromatic carbocycles. The summed E-state index contributed by atoms with van der Waals surface area (Å²) in [7, 11) is 0. The van der Waals surface area contributed by atoms with Gasteiger partial charge in [0.25, 0.3) is 0 Å². The topological polar surface area (TPSA) is 107 Å². The molecule has 110 valence electrons. The molecule has 0 aliphatic carbocycles. The lowest BCUT2D eigenvalue weighted by Crippen LogP contribution is -2.37. The number of nitrogens with zero attached hydrogens (tertiary/aromatic N) is 1. The van der Waals surface area contributed by atoms with Crippen LogP contribution in [0.5, 0.6) is 0 Å². The zero-order chi connectivity index (χ0) is 15.2. The van der Waals surface area contributed by atoms with Crippen LogP contribution in [-0.4, -0.2) is 27.1 Å². The number of carbonyl (C=O) groups is 2. The van der Waals surface area contributed by atoms with Crippen LogP contribution >= 0.6 is 0 Å². The second kappa shape index (κ2) is 6.56. The van der Waals surface area contributed by atoms with Crippen LogP contribution in [0.4, 0.5) is 4.79 Å². The normalized spacial score (nSPS) is 11.7. The fourth-order valence-electron chi connectivity index (χ4n) is 1.83. The number of benzene rings is 1. The van der Waals surface area contributed by atoms with Crippen LogP contribution in [0, 0.1) is 0 Å². The van der Waals surface area contributed by atoms with Crippen molar-refractivity contribution in [2.24, 2.45) is 0 Å². The first-order valence-corrected chi connectivity index (χ1v) is 6.42. The average molecular weight is 288 g/mol. The van der Waals surface area contributed by atoms with E-state index in [0.717, 1.165) is 5.56 Å². The van der Waals surface area contributed by atoms with Crippen molar-refractivity contribution >= 4 is 12.0 Å². The maximum Gasteiger partial charge on any atom is 0.335 e. The first kappa shape index (κ1) is 14.6. The van der Waals surface area contributed by atoms with Crippen molar-refractivity contribution in [2.75, 3.05) is 0 Å². The fraction of sp³-hybridized carbons (Fsp3) is 0.214. The highest BCUT2D eigenvalue weighted by Gasteiger charge is 2.11. The Balaban J connectivity index is 1.86. The third kappa shape index (κ3) is 4.07. The van der Waals surface area contributed by atoms with Gasteiger partial charge in [-0.1, -0.05) is 12.1 Å². The highest BCUT2D eigenvalue weighted by molar-refractivity contribution is 5.87. The molecule has 21 heavy (non-hydrogen) atoms. The van der Waals surface area contributed by atoms with E-state index in [1.54, 1.807) is 24.5 Å². The van der Waals surface area contributed by atoms with E-state index in [1.165, 1.54) is 12.1 Å². The van der Waals surface area contributed by atoms with E-state index in [9.17, 15) is 9.59 Å². The Morgan fingerprint density at radius 2 is 2.24 bits per heavy atom. The summed E-state index contributed by atoms with van der Waals surface area (Å²) >= 11 is 0. The number of amides is 2. The summed E-state index contributed by atoms with van der Waals surface area (Å²) in [5.41, 5.74) is 0.911. The Bertz CT molecular complexity index is 625. The number of hydrogen-bond donors (Lipinski definition) is 4. The lowest BCUT2D eigenvalue weighted by Gasteiger charge is -2.12. The lowest BCUT2D eigenvalue weighted by atomic mass is 10.1. The van der Waals surface area contributed by atoms with Crippen molar-refractivity contribution in [3.05, 3.63) is 53.6 Å². The number of rotatable bonds is 5. The van der Waals surface area contributed by atoms with E-state index in [4.69, 9.17) is 5.11 Å². The van der Waals surface area contributed by atoms with Crippen molar-refractivity contribution in [3.63, 3.8) is 0 Å². The Kier molecular flexibility index (Phi) is 4.55. The van der Waals surface area contributed by atoms with Gasteiger partial charge in [0.15, 0.2) is 0 Å². The predicted molar refractivity (Wildman–Crippen MR) is 75.8 cm³/mol. The first-order valence-electron chi connectivity index (χ1n) is 6.42. The monoisotopic (exact) mass is 288 g/mol. The van der Waals surface area contributed by atoms with Crippen LogP contribution in [0.25, 0.3) is 0 Å². The number of H-pyrrole nitrogens is 1. The molecule has 0 saturated carbocycles. The largest absolute Gasteiger partial charge is 0.478 e. The third-order valence-electron chi connectivity index (χ3n) is 2.90. The van der Waals surface area contributed by atoms with Crippen molar-refractivity contribution in [1.29, 1.82) is 0 Å². The quantitative estimate of drug-likeness (QED) is 0.671. The molecule has 0 saturated heterocycles. The summed E-state index contributed by atoms with van der Waals surface area (Å²) in [6.07, 6.45) is 3.30. The number of nitrogens with one attached hydrogen (secondary N) is 3. The van der Waals surface area contributed by atoms with Gasteiger partial charge in [0, 0.05) is 18.9 Å². The van der Waals surface area contributed by atoms with Crippen LogP contribution in [0.15, 0.2) is 36.7 Å². The highest BCUT2D eigenvalue weighted by Crippen LogP contribution is 2.06. The molecule has 0 bridgehead atoms. The minimum Gasteiger partial charge on any atom is -0.478 e. The van der Waals surface area contributed by atoms with E-state index >= 15 is 0 Å². The molecule has 0 radical (unpaired) electrons. The lowest BCUT2D eigenvalue weighted by molar-refractivity contribution is 0.0696. The predicted octanol–water partition coefficient (Wildman–Crippen LogP) is 1.67. The molecule has 2 aromatic rings. The molecular weight excluding hydrogens is 272 g/mol. The number of imidazole rings is 1. The van der Waals surface area contributed by atoms with Crippen molar-refractivity contribution in [2.45, 2.75) is 19.5 Å². The molecule has 2 rings (SSSR count). The number of aromatic nitrogens is 2. The molecular formula is C14H16N4O3. The van der Waals surface area contributed by atoms with Gasteiger partial charge in [0.1, 0.15) is 5.82 Å². The van der Waals surface area contributed by atoms with Gasteiger partial charge in [0.2, 0.25) is 0 Å². The van der Waals surface area contributed by atoms with Gasteiger partial charge in [-0.3, -0.25) is 0 Å². The summed E-state index contributed by atoms with van der Waals surface area (Å²) in [4.78, 5) is 29.6. The molecule has 1 aromatic heterocycles. The van der Waals surface area contributed by atoms with E-state index in [1.807, 2.05) is 6.92 Å². The summed E-state index contributed by atoms with van der Waals surface area (Å²) in [5.74, 6) is -0.328. The number of carboxylic acids is 1. The van der Waals surface area contributed by atoms with Gasteiger partial charge in [-0.05, 0) is 24.6 Å². The highest BCUT2D eigenvalue weighted by atomic mass is 16.4. The molecule has 7 heteroatoms. The zero-order valence-electron chi connectivity index (χ0n) is 11.5. The van der Waals surface area contributed by atoms with Crippen LogP contribution in [0.3, 0.4) is 0 Å². The summed E-state index contributed by atoms with van der Waals surface area (Å²) < 4.78 is 0. The molecule has 0 fully saturated rings. The molecule has 7 nitrogen and oxygen atoms in total. The molecule has 1 unspecified atom stereocenters. The molecule has 1 heterocycles. The summed E-state index contributed by atoms with van der Waals surface area (Å²) in [5, 5.41) is 14.3. The number of hydrogen-bond acceptors (Lipinski definition) is 3. The number of aromatic carboxylic acids is 1. The number of carboxylic acid groups (broad SMARTS) is 1. The van der Waals surface area contributed by atoms with E-state index in [2.05, 4.69) is 20.6 Å². The minimum absolute atomic E-state index is 0.193. The van der Waals surface area contributed by atoms with Gasteiger partial charge in [-0.25, -0.2) is 14.6 Å². The molecule has 2 amide bonds. The molecule has 0 aliphatic rings. The van der Waals surface area contributed by atoms with Crippen molar-refractivity contribution in [1.82, 2.24) is 20.6 Å². The van der Waals surface area contributed by atoms with Crippen LogP contribution in [0.1, 0.15) is 34.7 Å². The maximum atomic E-state index is 11.8. The van der Waals surface area contributed by atoms with E-state index in [-0.39, 0.29) is 24.2 Å². The third-order valence-corrected chi connectivity index (χ3v) is 2.90. The molecule has 0 spiro atoms. The molecule has 1 atom stereocenters. The standard InChI is InChI=1S/C14H16N4O3/c1-9(12-15-5-6-16-12)18-14(21)17-8-10-3-2-4-11(7-10)13(19)20/h2-7,9H,8H2,1H3,(H,15,16)(H,19,20)(H2,17,18,21). The smallest absolute Gasteiger partial charge is 0.335 e. The Morgan fingerprint density at radius 3 is 2.90 bits per heavy atom. The Morgan fingerprint density at radius 1 is 1.43 bits per heavy atom. The van der Waals surface area contributed by atoms with Crippen LogP contribution < -0.4 is 10.6 Å². The molecule has 0 aliphatic heterocycles. The number of aromatic amines is 1. The van der Waals surface area contributed by atoms with E-state index in [0.29, 0.717) is 5.82 Å². The number of urea groups is 1. The van der Waals surface area contributed by atoms with Crippen LogP contribution in [-0.2, 0) is 6.54 Å². The van der Waals surface area contributed by atoms with Gasteiger partial charge in [-0.2, -0.15) is 0 Å². The summed E-state index contributed by atoms with van der Waals surface area (Å²) in [6, 6.07) is 5.83. The zero-order valence-corrected chi connectivity index (χ0v) is 11.5. The molecule has 4 N–H and O–H groups in total. The second-order valence-electron chi connectivity index (χ2n) is 4.53. The van der Waals surface area contributed by atoms with Gasteiger partial charge in [0.05, 0.1) is 11.6 Å². The van der Waals surface area contributed by atoms with Gasteiger partial charge < -0.3 is 20.7 Å².